The summed E-state index contributed by atoms with van der Waals surface area (Å²) in [5.74, 6) is 1.76. The maximum Gasteiger partial charge on any atom is 0.244 e. The minimum Gasteiger partial charge on any atom is -0.481 e. The van der Waals surface area contributed by atoms with Gasteiger partial charge in [0.1, 0.15) is 0 Å². The van der Waals surface area contributed by atoms with Crippen molar-refractivity contribution in [1.82, 2.24) is 25.0 Å². The molecule has 128 valence electrons. The first-order valence-electron chi connectivity index (χ1n) is 8.31. The van der Waals surface area contributed by atoms with Crippen LogP contribution in [0.25, 0.3) is 11.4 Å². The van der Waals surface area contributed by atoms with Gasteiger partial charge in [-0.3, -0.25) is 9.88 Å². The van der Waals surface area contributed by atoms with Gasteiger partial charge in [0.05, 0.1) is 18.8 Å². The van der Waals surface area contributed by atoms with E-state index in [1.807, 2.05) is 30.5 Å². The molecular weight excluding hydrogens is 318 g/mol. The largest absolute Gasteiger partial charge is 0.481 e. The Balaban J connectivity index is 1.52. The maximum absolute atomic E-state index is 5.55. The van der Waals surface area contributed by atoms with Gasteiger partial charge in [0.15, 0.2) is 0 Å². The van der Waals surface area contributed by atoms with E-state index in [9.17, 15) is 0 Å². The van der Waals surface area contributed by atoms with Crippen molar-refractivity contribution in [2.75, 3.05) is 13.7 Å². The number of pyridine rings is 2. The fraction of sp³-hybridized carbons (Fsp3) is 0.333. The molecule has 3 aromatic heterocycles. The molecule has 1 fully saturated rings. The van der Waals surface area contributed by atoms with E-state index in [0.29, 0.717) is 17.6 Å². The lowest BCUT2D eigenvalue weighted by Crippen LogP contribution is -2.23. The first-order valence-corrected chi connectivity index (χ1v) is 8.31. The summed E-state index contributed by atoms with van der Waals surface area (Å²) >= 11 is 0. The average Bonchev–Trinajstić information content (AvgIpc) is 3.32. The number of hydrogen-bond acceptors (Lipinski definition) is 7. The monoisotopic (exact) mass is 337 g/mol. The molecule has 0 aliphatic carbocycles. The van der Waals surface area contributed by atoms with E-state index in [-0.39, 0.29) is 6.04 Å². The summed E-state index contributed by atoms with van der Waals surface area (Å²) < 4.78 is 10.6. The summed E-state index contributed by atoms with van der Waals surface area (Å²) in [5.41, 5.74) is 1.86. The molecule has 4 heterocycles. The van der Waals surface area contributed by atoms with Crippen LogP contribution in [-0.2, 0) is 6.54 Å². The minimum atomic E-state index is 0.134. The van der Waals surface area contributed by atoms with Gasteiger partial charge in [0.2, 0.25) is 17.6 Å². The highest BCUT2D eigenvalue weighted by Crippen LogP contribution is 2.33. The van der Waals surface area contributed by atoms with Gasteiger partial charge in [0, 0.05) is 30.6 Å². The van der Waals surface area contributed by atoms with Crippen LogP contribution in [0, 0.1) is 0 Å². The van der Waals surface area contributed by atoms with Crippen LogP contribution in [0.1, 0.15) is 30.5 Å². The number of aromatic nitrogens is 4. The molecule has 7 heteroatoms. The second-order valence-electron chi connectivity index (χ2n) is 6.00. The maximum atomic E-state index is 5.55. The van der Waals surface area contributed by atoms with Crippen LogP contribution >= 0.6 is 0 Å². The Kier molecular flexibility index (Phi) is 4.39. The highest BCUT2D eigenvalue weighted by atomic mass is 16.5. The SMILES string of the molecule is COc1ccc(-c2noc([C@@H]3CCCN3Cc3ccccn3)n2)cn1. The van der Waals surface area contributed by atoms with Crippen LogP contribution < -0.4 is 4.74 Å². The van der Waals surface area contributed by atoms with Crippen LogP contribution in [0.4, 0.5) is 0 Å². The van der Waals surface area contributed by atoms with Gasteiger partial charge in [-0.2, -0.15) is 4.98 Å². The minimum absolute atomic E-state index is 0.134. The molecule has 0 aromatic carbocycles. The first kappa shape index (κ1) is 15.7. The van der Waals surface area contributed by atoms with Crippen molar-refractivity contribution in [2.24, 2.45) is 0 Å². The molecule has 1 saturated heterocycles. The fourth-order valence-electron chi connectivity index (χ4n) is 3.12. The second-order valence-corrected chi connectivity index (χ2v) is 6.00. The summed E-state index contributed by atoms with van der Waals surface area (Å²) in [5, 5.41) is 4.12. The topological polar surface area (TPSA) is 77.2 Å². The quantitative estimate of drug-likeness (QED) is 0.708. The van der Waals surface area contributed by atoms with Crippen molar-refractivity contribution in [3.05, 3.63) is 54.3 Å². The van der Waals surface area contributed by atoms with Gasteiger partial charge in [-0.1, -0.05) is 11.2 Å². The smallest absolute Gasteiger partial charge is 0.244 e. The first-order chi connectivity index (χ1) is 12.3. The van der Waals surface area contributed by atoms with E-state index in [0.717, 1.165) is 37.2 Å². The lowest BCUT2D eigenvalue weighted by Gasteiger charge is -2.20. The molecule has 0 N–H and O–H groups in total. The number of hydrogen-bond donors (Lipinski definition) is 0. The van der Waals surface area contributed by atoms with E-state index >= 15 is 0 Å². The molecule has 25 heavy (non-hydrogen) atoms. The van der Waals surface area contributed by atoms with Crippen LogP contribution in [-0.4, -0.2) is 38.7 Å². The third kappa shape index (κ3) is 3.36. The van der Waals surface area contributed by atoms with Gasteiger partial charge in [-0.25, -0.2) is 4.98 Å². The zero-order valence-corrected chi connectivity index (χ0v) is 14.0. The van der Waals surface area contributed by atoms with Crippen LogP contribution in [0.5, 0.6) is 5.88 Å². The number of likely N-dealkylation sites (tertiary alicyclic amines) is 1. The molecular formula is C18H19N5O2. The summed E-state index contributed by atoms with van der Waals surface area (Å²) in [6, 6.07) is 9.77. The van der Waals surface area contributed by atoms with Crippen molar-refractivity contribution in [3.63, 3.8) is 0 Å². The van der Waals surface area contributed by atoms with E-state index in [1.165, 1.54) is 0 Å². The lowest BCUT2D eigenvalue weighted by atomic mass is 10.2. The van der Waals surface area contributed by atoms with Crippen molar-refractivity contribution in [1.29, 1.82) is 0 Å². The third-order valence-electron chi connectivity index (χ3n) is 4.39. The Morgan fingerprint density at radius 3 is 2.96 bits per heavy atom. The number of methoxy groups -OCH3 is 1. The second kappa shape index (κ2) is 6.98. The predicted octanol–water partition coefficient (Wildman–Crippen LogP) is 2.87. The summed E-state index contributed by atoms with van der Waals surface area (Å²) in [7, 11) is 1.59. The highest BCUT2D eigenvalue weighted by molar-refractivity contribution is 5.53. The number of rotatable bonds is 5. The molecule has 7 nitrogen and oxygen atoms in total. The van der Waals surface area contributed by atoms with Gasteiger partial charge < -0.3 is 9.26 Å². The summed E-state index contributed by atoms with van der Waals surface area (Å²) in [6.07, 6.45) is 5.63. The average molecular weight is 337 g/mol. The molecule has 0 saturated carbocycles. The molecule has 1 aliphatic heterocycles. The molecule has 0 amide bonds. The molecule has 0 unspecified atom stereocenters. The summed E-state index contributed by atoms with van der Waals surface area (Å²) in [6.45, 7) is 1.79. The van der Waals surface area contributed by atoms with Crippen LogP contribution in [0.15, 0.2) is 47.2 Å². The van der Waals surface area contributed by atoms with Crippen molar-refractivity contribution >= 4 is 0 Å². The Hall–Kier alpha value is -2.80. The molecule has 0 spiro atoms. The standard InChI is InChI=1S/C18H19N5O2/c1-24-16-8-7-13(11-20-16)17-21-18(25-22-17)15-6-4-10-23(15)12-14-5-2-3-9-19-14/h2-3,5,7-9,11,15H,4,6,10,12H2,1H3/t15-/m0/s1. The van der Waals surface area contributed by atoms with E-state index in [4.69, 9.17) is 9.26 Å². The van der Waals surface area contributed by atoms with E-state index in [2.05, 4.69) is 25.0 Å². The normalized spacial score (nSPS) is 17.7. The molecule has 1 aliphatic rings. The van der Waals surface area contributed by atoms with E-state index < -0.39 is 0 Å². The fourth-order valence-corrected chi connectivity index (χ4v) is 3.12. The Morgan fingerprint density at radius 2 is 2.20 bits per heavy atom. The number of nitrogens with zero attached hydrogens (tertiary/aromatic N) is 5. The molecule has 3 aromatic rings. The zero-order valence-electron chi connectivity index (χ0n) is 14.0. The van der Waals surface area contributed by atoms with Crippen molar-refractivity contribution < 1.29 is 9.26 Å². The predicted molar refractivity (Wildman–Crippen MR) is 90.7 cm³/mol. The third-order valence-corrected chi connectivity index (χ3v) is 4.39. The van der Waals surface area contributed by atoms with Gasteiger partial charge >= 0.3 is 0 Å². The zero-order chi connectivity index (χ0) is 17.1. The van der Waals surface area contributed by atoms with Crippen molar-refractivity contribution in [3.8, 4) is 17.3 Å². The van der Waals surface area contributed by atoms with Gasteiger partial charge in [-0.15, -0.1) is 0 Å². The van der Waals surface area contributed by atoms with Crippen molar-refractivity contribution in [2.45, 2.75) is 25.4 Å². The van der Waals surface area contributed by atoms with E-state index in [1.54, 1.807) is 19.4 Å². The molecule has 4 rings (SSSR count). The highest BCUT2D eigenvalue weighted by Gasteiger charge is 2.31. The molecule has 1 atom stereocenters. The van der Waals surface area contributed by atoms with Gasteiger partial charge in [0.25, 0.3) is 0 Å². The molecule has 0 radical (unpaired) electrons. The Morgan fingerprint density at radius 1 is 1.24 bits per heavy atom. The number of ether oxygens (including phenoxy) is 1. The summed E-state index contributed by atoms with van der Waals surface area (Å²) in [4.78, 5) is 15.5. The van der Waals surface area contributed by atoms with Crippen LogP contribution in [0.3, 0.4) is 0 Å². The molecule has 0 bridgehead atoms. The van der Waals surface area contributed by atoms with Gasteiger partial charge in [-0.05, 0) is 37.6 Å². The Bertz CT molecular complexity index is 819. The Labute approximate surface area is 145 Å². The van der Waals surface area contributed by atoms with Crippen LogP contribution in [0.2, 0.25) is 0 Å². The lowest BCUT2D eigenvalue weighted by molar-refractivity contribution is 0.199.